The molecule has 164 valence electrons. The lowest BCUT2D eigenvalue weighted by molar-refractivity contribution is -0.128. The summed E-state index contributed by atoms with van der Waals surface area (Å²) in [5.74, 6) is -0.882. The molecule has 1 saturated heterocycles. The number of amides is 1. The highest BCUT2D eigenvalue weighted by molar-refractivity contribution is 5.98. The molecule has 4 rings (SSSR count). The molecule has 0 aliphatic carbocycles. The van der Waals surface area contributed by atoms with Crippen LogP contribution in [-0.4, -0.2) is 18.2 Å². The fourth-order valence-corrected chi connectivity index (χ4v) is 4.33. The lowest BCUT2D eigenvalue weighted by atomic mass is 9.89. The molecule has 0 bridgehead atoms. The molecule has 5 heteroatoms. The van der Waals surface area contributed by atoms with Gasteiger partial charge in [0.1, 0.15) is 11.6 Å². The number of rotatable bonds is 6. The quantitative estimate of drug-likeness (QED) is 0.538. The maximum absolute atomic E-state index is 14.1. The smallest absolute Gasteiger partial charge is 0.230 e. The number of halogens is 1. The Balaban J connectivity index is 1.43. The number of piperidine rings is 1. The van der Waals surface area contributed by atoms with Gasteiger partial charge in [-0.2, -0.15) is 0 Å². The number of anilines is 2. The van der Waals surface area contributed by atoms with E-state index < -0.39 is 0 Å². The van der Waals surface area contributed by atoms with Gasteiger partial charge >= 0.3 is 0 Å². The number of hydrogen-bond donors (Lipinski definition) is 1. The first kappa shape index (κ1) is 21.8. The normalized spacial score (nSPS) is 16.2. The molecule has 1 heterocycles. The van der Waals surface area contributed by atoms with E-state index in [-0.39, 0.29) is 36.3 Å². The summed E-state index contributed by atoms with van der Waals surface area (Å²) in [6.07, 6.45) is 1.66. The van der Waals surface area contributed by atoms with Crippen LogP contribution in [0.15, 0.2) is 66.7 Å². The summed E-state index contributed by atoms with van der Waals surface area (Å²) < 4.78 is 14.1. The van der Waals surface area contributed by atoms with Gasteiger partial charge in [-0.1, -0.05) is 42.5 Å². The molecule has 0 unspecified atom stereocenters. The van der Waals surface area contributed by atoms with E-state index in [0.717, 1.165) is 28.8 Å². The lowest BCUT2D eigenvalue weighted by Crippen LogP contribution is -2.42. The number of aryl methyl sites for hydroxylation is 1. The fourth-order valence-electron chi connectivity index (χ4n) is 4.33. The van der Waals surface area contributed by atoms with Crippen LogP contribution in [0.4, 0.5) is 15.8 Å². The maximum atomic E-state index is 14.1. The van der Waals surface area contributed by atoms with Crippen molar-refractivity contribution in [1.29, 1.82) is 0 Å². The number of Topliss-reactive ketones (excluding diaryl/α,β-unsaturated/α-hetero) is 1. The monoisotopic (exact) mass is 430 g/mol. The minimum Gasteiger partial charge on any atom is -0.398 e. The van der Waals surface area contributed by atoms with E-state index >= 15 is 0 Å². The summed E-state index contributed by atoms with van der Waals surface area (Å²) in [5, 5.41) is 0. The van der Waals surface area contributed by atoms with Crippen LogP contribution in [0.2, 0.25) is 0 Å². The van der Waals surface area contributed by atoms with Gasteiger partial charge in [-0.3, -0.25) is 9.59 Å². The first-order chi connectivity index (χ1) is 15.4. The van der Waals surface area contributed by atoms with E-state index in [9.17, 15) is 14.0 Å². The van der Waals surface area contributed by atoms with Crippen LogP contribution in [0.25, 0.3) is 11.1 Å². The predicted octanol–water partition coefficient (Wildman–Crippen LogP) is 5.33. The molecule has 1 atom stereocenters. The average molecular weight is 431 g/mol. The van der Waals surface area contributed by atoms with Crippen LogP contribution >= 0.6 is 0 Å². The summed E-state index contributed by atoms with van der Waals surface area (Å²) in [5.41, 5.74) is 10.7. The van der Waals surface area contributed by atoms with Crippen LogP contribution < -0.4 is 10.6 Å². The standard InChI is InChI=1S/C27H27FN2O2/c1-18-8-9-20(25(28)15-18)16-23(31)17-21-5-4-14-30(27(21)32)22-12-10-19(11-13-22)24-6-2-3-7-26(24)29/h2-3,6-13,15,21H,4-5,14,16-17,29H2,1H3/t21-/m0/s1. The number of nitrogen functional groups attached to an aromatic ring is 1. The van der Waals surface area contributed by atoms with Crippen molar-refractivity contribution in [3.05, 3.63) is 83.7 Å². The van der Waals surface area contributed by atoms with E-state index in [4.69, 9.17) is 5.73 Å². The highest BCUT2D eigenvalue weighted by Gasteiger charge is 2.31. The molecule has 1 aliphatic heterocycles. The molecule has 3 aromatic rings. The number of carbonyl (C=O) groups excluding carboxylic acids is 2. The molecule has 32 heavy (non-hydrogen) atoms. The molecule has 0 spiro atoms. The third-order valence-corrected chi connectivity index (χ3v) is 6.07. The third-order valence-electron chi connectivity index (χ3n) is 6.07. The highest BCUT2D eigenvalue weighted by atomic mass is 19.1. The Bertz CT molecular complexity index is 1140. The number of nitrogens with zero attached hydrogens (tertiary/aromatic N) is 1. The molecular weight excluding hydrogens is 403 g/mol. The Morgan fingerprint density at radius 2 is 1.84 bits per heavy atom. The minimum atomic E-state index is -0.367. The Kier molecular flexibility index (Phi) is 6.35. The largest absolute Gasteiger partial charge is 0.398 e. The van der Waals surface area contributed by atoms with E-state index in [0.29, 0.717) is 24.2 Å². The van der Waals surface area contributed by atoms with Gasteiger partial charge in [0, 0.05) is 42.2 Å². The van der Waals surface area contributed by atoms with Crippen molar-refractivity contribution in [1.82, 2.24) is 0 Å². The SMILES string of the molecule is Cc1ccc(CC(=O)C[C@@H]2CCCN(c3ccc(-c4ccccc4N)cc3)C2=O)c(F)c1. The molecule has 1 amide bonds. The number of hydrogen-bond acceptors (Lipinski definition) is 3. The molecule has 4 nitrogen and oxygen atoms in total. The number of carbonyl (C=O) groups is 2. The molecule has 1 fully saturated rings. The highest BCUT2D eigenvalue weighted by Crippen LogP contribution is 2.31. The zero-order valence-electron chi connectivity index (χ0n) is 18.2. The van der Waals surface area contributed by atoms with Gasteiger partial charge in [0.25, 0.3) is 0 Å². The van der Waals surface area contributed by atoms with Crippen LogP contribution in [0.5, 0.6) is 0 Å². The summed E-state index contributed by atoms with van der Waals surface area (Å²) in [4.78, 5) is 27.5. The van der Waals surface area contributed by atoms with E-state index in [1.54, 1.807) is 17.0 Å². The molecule has 2 N–H and O–H groups in total. The summed E-state index contributed by atoms with van der Waals surface area (Å²) in [6, 6.07) is 20.3. The molecule has 0 saturated carbocycles. The van der Waals surface area contributed by atoms with E-state index in [1.807, 2.05) is 55.5 Å². The lowest BCUT2D eigenvalue weighted by Gasteiger charge is -2.32. The molecule has 0 aromatic heterocycles. The molecule has 3 aromatic carbocycles. The number of ketones is 1. The first-order valence-corrected chi connectivity index (χ1v) is 11.0. The Hall–Kier alpha value is -3.47. The van der Waals surface area contributed by atoms with Gasteiger partial charge < -0.3 is 10.6 Å². The van der Waals surface area contributed by atoms with Gasteiger partial charge in [0.15, 0.2) is 0 Å². The molecular formula is C27H27FN2O2. The predicted molar refractivity (Wildman–Crippen MR) is 126 cm³/mol. The van der Waals surface area contributed by atoms with Crippen LogP contribution in [-0.2, 0) is 16.0 Å². The van der Waals surface area contributed by atoms with Crippen molar-refractivity contribution in [2.24, 2.45) is 5.92 Å². The second-order valence-electron chi connectivity index (χ2n) is 8.48. The topological polar surface area (TPSA) is 63.4 Å². The zero-order valence-corrected chi connectivity index (χ0v) is 18.2. The second-order valence-corrected chi connectivity index (χ2v) is 8.48. The maximum Gasteiger partial charge on any atom is 0.230 e. The molecule has 0 radical (unpaired) electrons. The van der Waals surface area contributed by atoms with Gasteiger partial charge in [-0.05, 0) is 60.7 Å². The Morgan fingerprint density at radius 1 is 1.09 bits per heavy atom. The fraction of sp³-hybridized carbons (Fsp3) is 0.259. The van der Waals surface area contributed by atoms with Gasteiger partial charge in [0.2, 0.25) is 5.91 Å². The van der Waals surface area contributed by atoms with E-state index in [2.05, 4.69) is 0 Å². The van der Waals surface area contributed by atoms with Gasteiger partial charge in [-0.25, -0.2) is 4.39 Å². The van der Waals surface area contributed by atoms with Crippen molar-refractivity contribution in [3.63, 3.8) is 0 Å². The van der Waals surface area contributed by atoms with E-state index in [1.165, 1.54) is 6.07 Å². The van der Waals surface area contributed by atoms with Crippen LogP contribution in [0.1, 0.15) is 30.4 Å². The summed E-state index contributed by atoms with van der Waals surface area (Å²) in [7, 11) is 0. The van der Waals surface area contributed by atoms with Crippen molar-refractivity contribution in [2.45, 2.75) is 32.6 Å². The minimum absolute atomic E-state index is 0.0170. The second kappa shape index (κ2) is 9.35. The molecule has 1 aliphatic rings. The third kappa shape index (κ3) is 4.72. The van der Waals surface area contributed by atoms with Crippen molar-refractivity contribution < 1.29 is 14.0 Å². The van der Waals surface area contributed by atoms with Gasteiger partial charge in [-0.15, -0.1) is 0 Å². The number of nitrogens with two attached hydrogens (primary N) is 1. The van der Waals surface area contributed by atoms with Crippen LogP contribution in [0, 0.1) is 18.7 Å². The zero-order chi connectivity index (χ0) is 22.7. The Labute approximate surface area is 187 Å². The summed E-state index contributed by atoms with van der Waals surface area (Å²) >= 11 is 0. The van der Waals surface area contributed by atoms with Crippen molar-refractivity contribution >= 4 is 23.1 Å². The van der Waals surface area contributed by atoms with Crippen LogP contribution in [0.3, 0.4) is 0 Å². The number of para-hydroxylation sites is 1. The van der Waals surface area contributed by atoms with Crippen molar-refractivity contribution in [2.75, 3.05) is 17.2 Å². The van der Waals surface area contributed by atoms with Gasteiger partial charge in [0.05, 0.1) is 0 Å². The summed E-state index contributed by atoms with van der Waals surface area (Å²) in [6.45, 7) is 2.44. The van der Waals surface area contributed by atoms with Crippen molar-refractivity contribution in [3.8, 4) is 11.1 Å². The average Bonchev–Trinajstić information content (AvgIpc) is 2.78. The number of benzene rings is 3. The Morgan fingerprint density at radius 3 is 2.56 bits per heavy atom. The first-order valence-electron chi connectivity index (χ1n) is 11.0.